The van der Waals surface area contributed by atoms with Gasteiger partial charge in [-0.3, -0.25) is 4.79 Å². The smallest absolute Gasteiger partial charge is 0.276 e. The Morgan fingerprint density at radius 3 is 2.91 bits per heavy atom. The highest BCUT2D eigenvalue weighted by molar-refractivity contribution is 5.92. The molecule has 0 aliphatic carbocycles. The molecule has 1 unspecified atom stereocenters. The van der Waals surface area contributed by atoms with Gasteiger partial charge < -0.3 is 14.2 Å². The lowest BCUT2D eigenvalue weighted by Crippen LogP contribution is -2.39. The molecule has 8 nitrogen and oxygen atoms in total. The van der Waals surface area contributed by atoms with Crippen molar-refractivity contribution in [1.82, 2.24) is 24.7 Å². The van der Waals surface area contributed by atoms with Crippen LogP contribution in [0.25, 0.3) is 16.8 Å². The zero-order valence-corrected chi connectivity index (χ0v) is 17.8. The number of carbonyl (C=O) groups excluding carboxylic acids is 1. The van der Waals surface area contributed by atoms with Crippen LogP contribution in [0.1, 0.15) is 40.8 Å². The number of pyridine rings is 1. The van der Waals surface area contributed by atoms with Crippen molar-refractivity contribution in [2.45, 2.75) is 25.7 Å². The Kier molecular flexibility index (Phi) is 5.08. The fraction of sp³-hybridized carbons (Fsp3) is 0.304. The number of benzene rings is 1. The summed E-state index contributed by atoms with van der Waals surface area (Å²) in [6.07, 6.45) is 3.56. The molecular weight excluding hydrogens is 413 g/mol. The second-order valence-electron chi connectivity index (χ2n) is 7.95. The van der Waals surface area contributed by atoms with Crippen LogP contribution in [0.4, 0.5) is 4.39 Å². The predicted molar refractivity (Wildman–Crippen MR) is 114 cm³/mol. The highest BCUT2D eigenvalue weighted by atomic mass is 19.1. The number of piperidine rings is 1. The lowest BCUT2D eigenvalue weighted by molar-refractivity contribution is 0.0694. The van der Waals surface area contributed by atoms with Gasteiger partial charge in [0.15, 0.2) is 17.2 Å². The molecule has 4 heterocycles. The normalized spacial score (nSPS) is 16.5. The van der Waals surface area contributed by atoms with Crippen LogP contribution in [-0.4, -0.2) is 50.8 Å². The SMILES string of the molecule is COc1ccc(F)cc1-c1ccc2nc(C3CCCN(C(=O)c4cc(C)on4)C3)nn2c1. The van der Waals surface area contributed by atoms with Crippen LogP contribution < -0.4 is 4.74 Å². The predicted octanol–water partition coefficient (Wildman–Crippen LogP) is 3.86. The minimum atomic E-state index is -0.338. The first kappa shape index (κ1) is 20.2. The number of hydrogen-bond donors (Lipinski definition) is 0. The minimum Gasteiger partial charge on any atom is -0.496 e. The van der Waals surface area contributed by atoms with Gasteiger partial charge in [0.2, 0.25) is 0 Å². The van der Waals surface area contributed by atoms with Crippen LogP contribution in [0.2, 0.25) is 0 Å². The van der Waals surface area contributed by atoms with Crippen molar-refractivity contribution in [3.8, 4) is 16.9 Å². The van der Waals surface area contributed by atoms with Gasteiger partial charge in [-0.15, -0.1) is 0 Å². The molecule has 1 aromatic carbocycles. The van der Waals surface area contributed by atoms with Gasteiger partial charge in [0.25, 0.3) is 5.91 Å². The minimum absolute atomic E-state index is 0.0211. The topological polar surface area (TPSA) is 85.8 Å². The monoisotopic (exact) mass is 435 g/mol. The number of amides is 1. The Hall–Kier alpha value is -3.75. The lowest BCUT2D eigenvalue weighted by atomic mass is 9.97. The summed E-state index contributed by atoms with van der Waals surface area (Å²) < 4.78 is 25.9. The molecule has 164 valence electrons. The van der Waals surface area contributed by atoms with E-state index in [1.807, 2.05) is 18.3 Å². The summed E-state index contributed by atoms with van der Waals surface area (Å²) in [5.41, 5.74) is 2.42. The number of rotatable bonds is 4. The first-order valence-electron chi connectivity index (χ1n) is 10.4. The second kappa shape index (κ2) is 8.07. The van der Waals surface area contributed by atoms with Crippen molar-refractivity contribution >= 4 is 11.6 Å². The summed E-state index contributed by atoms with van der Waals surface area (Å²) in [7, 11) is 1.55. The van der Waals surface area contributed by atoms with E-state index in [1.165, 1.54) is 12.1 Å². The second-order valence-corrected chi connectivity index (χ2v) is 7.95. The Balaban J connectivity index is 1.41. The summed E-state index contributed by atoms with van der Waals surface area (Å²) in [6.45, 7) is 2.95. The van der Waals surface area contributed by atoms with Crippen LogP contribution in [-0.2, 0) is 0 Å². The third kappa shape index (κ3) is 3.70. The average molecular weight is 435 g/mol. The van der Waals surface area contributed by atoms with Gasteiger partial charge >= 0.3 is 0 Å². The van der Waals surface area contributed by atoms with Gasteiger partial charge in [0.05, 0.1) is 7.11 Å². The van der Waals surface area contributed by atoms with Crippen molar-refractivity contribution < 1.29 is 18.4 Å². The largest absolute Gasteiger partial charge is 0.496 e. The fourth-order valence-corrected chi connectivity index (χ4v) is 4.14. The van der Waals surface area contributed by atoms with Gasteiger partial charge in [-0.25, -0.2) is 13.9 Å². The van der Waals surface area contributed by atoms with Gasteiger partial charge in [0.1, 0.15) is 17.3 Å². The Labute approximate surface area is 183 Å². The van der Waals surface area contributed by atoms with Gasteiger partial charge in [0, 0.05) is 42.4 Å². The zero-order valence-electron chi connectivity index (χ0n) is 17.8. The molecule has 3 aromatic heterocycles. The van der Waals surface area contributed by atoms with Crippen LogP contribution in [0, 0.1) is 12.7 Å². The first-order valence-corrected chi connectivity index (χ1v) is 10.4. The third-order valence-electron chi connectivity index (χ3n) is 5.74. The standard InChI is InChI=1S/C23H22FN5O3/c1-14-10-19(27-32-14)23(30)28-9-3-4-16(12-28)22-25-21-8-5-15(13-29(21)26-22)18-11-17(24)6-7-20(18)31-2/h5-8,10-11,13,16H,3-4,9,12H2,1-2H3. The summed E-state index contributed by atoms with van der Waals surface area (Å²) in [5.74, 6) is 1.41. The number of carbonyl (C=O) groups is 1. The Morgan fingerprint density at radius 2 is 2.12 bits per heavy atom. The van der Waals surface area contributed by atoms with E-state index in [2.05, 4.69) is 15.2 Å². The van der Waals surface area contributed by atoms with Crippen LogP contribution in [0.5, 0.6) is 5.75 Å². The number of fused-ring (bicyclic) bond motifs is 1. The van der Waals surface area contributed by atoms with Crippen molar-refractivity contribution in [3.63, 3.8) is 0 Å². The highest BCUT2D eigenvalue weighted by Gasteiger charge is 2.29. The van der Waals surface area contributed by atoms with Crippen LogP contribution in [0.15, 0.2) is 47.1 Å². The molecule has 1 aliphatic rings. The summed E-state index contributed by atoms with van der Waals surface area (Å²) in [4.78, 5) is 19.2. The summed E-state index contributed by atoms with van der Waals surface area (Å²) >= 11 is 0. The Morgan fingerprint density at radius 1 is 1.25 bits per heavy atom. The van der Waals surface area contributed by atoms with Crippen LogP contribution >= 0.6 is 0 Å². The molecule has 0 saturated carbocycles. The maximum absolute atomic E-state index is 13.8. The molecule has 9 heteroatoms. The van der Waals surface area contributed by atoms with E-state index >= 15 is 0 Å². The van der Waals surface area contributed by atoms with Crippen molar-refractivity contribution in [3.05, 3.63) is 65.7 Å². The molecule has 0 bridgehead atoms. The molecule has 0 radical (unpaired) electrons. The number of hydrogen-bond acceptors (Lipinski definition) is 6. The Bertz CT molecular complexity index is 1300. The van der Waals surface area contributed by atoms with Crippen molar-refractivity contribution in [2.75, 3.05) is 20.2 Å². The molecule has 1 fully saturated rings. The van der Waals surface area contributed by atoms with Gasteiger partial charge in [-0.2, -0.15) is 5.10 Å². The maximum atomic E-state index is 13.8. The first-order chi connectivity index (χ1) is 15.5. The quantitative estimate of drug-likeness (QED) is 0.484. The molecule has 1 aliphatic heterocycles. The van der Waals surface area contributed by atoms with E-state index in [0.717, 1.165) is 18.4 Å². The molecule has 1 atom stereocenters. The maximum Gasteiger partial charge on any atom is 0.276 e. The van der Waals surface area contributed by atoms with E-state index < -0.39 is 0 Å². The fourth-order valence-electron chi connectivity index (χ4n) is 4.14. The number of aromatic nitrogens is 4. The van der Waals surface area contributed by atoms with E-state index in [9.17, 15) is 9.18 Å². The van der Waals surface area contributed by atoms with E-state index in [0.29, 0.717) is 47.3 Å². The molecule has 1 amide bonds. The molecule has 5 rings (SSSR count). The molecule has 1 saturated heterocycles. The van der Waals surface area contributed by atoms with E-state index in [-0.39, 0.29) is 17.6 Å². The van der Waals surface area contributed by atoms with Crippen molar-refractivity contribution in [1.29, 1.82) is 0 Å². The van der Waals surface area contributed by atoms with E-state index in [1.54, 1.807) is 35.6 Å². The van der Waals surface area contributed by atoms with Gasteiger partial charge in [-0.05, 0) is 50.1 Å². The number of methoxy groups -OCH3 is 1. The van der Waals surface area contributed by atoms with E-state index in [4.69, 9.17) is 9.26 Å². The number of ether oxygens (including phenoxy) is 1. The molecular formula is C23H22FN5O3. The van der Waals surface area contributed by atoms with Crippen molar-refractivity contribution in [2.24, 2.45) is 0 Å². The number of aryl methyl sites for hydroxylation is 1. The third-order valence-corrected chi connectivity index (χ3v) is 5.74. The molecule has 32 heavy (non-hydrogen) atoms. The average Bonchev–Trinajstić information content (AvgIpc) is 3.44. The summed E-state index contributed by atoms with van der Waals surface area (Å²) in [6, 6.07) is 9.77. The van der Waals surface area contributed by atoms with Crippen LogP contribution in [0.3, 0.4) is 0 Å². The number of nitrogens with zero attached hydrogens (tertiary/aromatic N) is 5. The molecule has 0 N–H and O–H groups in total. The highest BCUT2D eigenvalue weighted by Crippen LogP contribution is 2.31. The zero-order chi connectivity index (χ0) is 22.2. The number of likely N-dealkylation sites (tertiary alicyclic amines) is 1. The van der Waals surface area contributed by atoms with Gasteiger partial charge in [-0.1, -0.05) is 5.16 Å². The number of halogens is 1. The molecule has 0 spiro atoms. The molecule has 4 aromatic rings. The summed E-state index contributed by atoms with van der Waals surface area (Å²) in [5, 5.41) is 8.51. The lowest BCUT2D eigenvalue weighted by Gasteiger charge is -2.30.